The number of nitrogens with zero attached hydrogens (tertiary/aromatic N) is 2. The van der Waals surface area contributed by atoms with Gasteiger partial charge in [0.25, 0.3) is 0 Å². The Bertz CT molecular complexity index is 543. The van der Waals surface area contributed by atoms with Gasteiger partial charge in [0.15, 0.2) is 8.32 Å². The van der Waals surface area contributed by atoms with E-state index < -0.39 is 26.1 Å². The van der Waals surface area contributed by atoms with Crippen molar-refractivity contribution < 1.29 is 24.2 Å². The Kier molecular flexibility index (Phi) is 9.66. The Morgan fingerprint density at radius 1 is 1.36 bits per heavy atom. The van der Waals surface area contributed by atoms with Crippen molar-refractivity contribution in [2.45, 2.75) is 82.8 Å². The van der Waals surface area contributed by atoms with Crippen molar-refractivity contribution in [1.29, 1.82) is 0 Å². The zero-order valence-electron chi connectivity index (χ0n) is 17.9. The van der Waals surface area contributed by atoms with E-state index in [1.54, 1.807) is 11.9 Å². The maximum atomic E-state index is 13.1. The van der Waals surface area contributed by atoms with E-state index >= 15 is 0 Å². The van der Waals surface area contributed by atoms with Crippen LogP contribution >= 0.6 is 0 Å². The van der Waals surface area contributed by atoms with Gasteiger partial charge < -0.3 is 19.5 Å². The lowest BCUT2D eigenvalue weighted by atomic mass is 9.96. The van der Waals surface area contributed by atoms with Crippen LogP contribution in [0.5, 0.6) is 0 Å². The van der Waals surface area contributed by atoms with E-state index in [-0.39, 0.29) is 19.0 Å². The summed E-state index contributed by atoms with van der Waals surface area (Å²) in [5.41, 5.74) is -1.80. The largest absolute Gasteiger partial charge is 0.478 e. The van der Waals surface area contributed by atoms with Crippen LogP contribution in [0.25, 0.3) is 0 Å². The van der Waals surface area contributed by atoms with Crippen molar-refractivity contribution in [2.24, 2.45) is 0 Å². The van der Waals surface area contributed by atoms with Crippen LogP contribution in [0.3, 0.4) is 0 Å². The van der Waals surface area contributed by atoms with E-state index in [4.69, 9.17) is 4.43 Å². The fourth-order valence-electron chi connectivity index (χ4n) is 3.63. The zero-order valence-corrected chi connectivity index (χ0v) is 18.9. The molecule has 1 fully saturated rings. The van der Waals surface area contributed by atoms with E-state index in [1.807, 2.05) is 19.2 Å². The molecule has 0 radical (unpaired) electrons. The van der Waals surface area contributed by atoms with Crippen LogP contribution in [0.4, 0.5) is 4.79 Å². The number of hydrogen-bond donors (Lipinski definition) is 2. The van der Waals surface area contributed by atoms with E-state index in [0.29, 0.717) is 13.0 Å². The quantitative estimate of drug-likeness (QED) is 0.306. The van der Waals surface area contributed by atoms with E-state index in [0.717, 1.165) is 38.1 Å². The lowest BCUT2D eigenvalue weighted by Crippen LogP contribution is -2.68. The molecule has 0 bridgehead atoms. The van der Waals surface area contributed by atoms with Crippen molar-refractivity contribution in [1.82, 2.24) is 9.80 Å². The molecule has 2 atom stereocenters. The molecule has 0 aromatic heterocycles. The van der Waals surface area contributed by atoms with Crippen molar-refractivity contribution in [3.05, 3.63) is 12.7 Å². The number of rotatable bonds is 11. The molecular weight excluding hydrogens is 376 g/mol. The monoisotopic (exact) mass is 414 g/mol. The highest BCUT2D eigenvalue weighted by Gasteiger charge is 2.55. The number of carbonyl (C=O) groups is 2. The minimum atomic E-state index is -2.35. The average molecular weight is 415 g/mol. The summed E-state index contributed by atoms with van der Waals surface area (Å²) >= 11 is 0. The summed E-state index contributed by atoms with van der Waals surface area (Å²) < 4.78 is 6.27. The molecule has 0 spiro atoms. The molecule has 0 aromatic carbocycles. The highest BCUT2D eigenvalue weighted by atomic mass is 28.4. The van der Waals surface area contributed by atoms with Crippen LogP contribution in [-0.4, -0.2) is 72.3 Å². The third-order valence-electron chi connectivity index (χ3n) is 5.26. The van der Waals surface area contributed by atoms with Gasteiger partial charge in [-0.05, 0) is 44.8 Å². The van der Waals surface area contributed by atoms with Crippen LogP contribution in [0, 0.1) is 0 Å². The molecule has 1 aliphatic rings. The summed E-state index contributed by atoms with van der Waals surface area (Å²) in [4.78, 5) is 28.4. The van der Waals surface area contributed by atoms with Gasteiger partial charge in [0, 0.05) is 26.6 Å². The lowest BCUT2D eigenvalue weighted by molar-refractivity contribution is -0.186. The summed E-state index contributed by atoms with van der Waals surface area (Å²) in [6.07, 6.45) is 5.89. The Morgan fingerprint density at radius 3 is 2.61 bits per heavy atom. The van der Waals surface area contributed by atoms with Gasteiger partial charge in [-0.2, -0.15) is 0 Å². The number of aliphatic hydroxyl groups is 1. The number of likely N-dealkylation sites (tertiary alicyclic amines) is 1. The molecule has 2 amide bonds. The number of aliphatic carboxylic acids is 1. The van der Waals surface area contributed by atoms with Crippen LogP contribution in [0.1, 0.15) is 51.9 Å². The Balaban J connectivity index is 3.05. The molecule has 1 aliphatic heterocycles. The predicted octanol–water partition coefficient (Wildman–Crippen LogP) is 3.65. The maximum Gasteiger partial charge on any atom is 0.356 e. The van der Waals surface area contributed by atoms with Crippen LogP contribution in [0.2, 0.25) is 19.1 Å². The summed E-state index contributed by atoms with van der Waals surface area (Å²) in [6.45, 7) is 10.5. The maximum absolute atomic E-state index is 13.1. The predicted molar refractivity (Wildman–Crippen MR) is 113 cm³/mol. The smallest absolute Gasteiger partial charge is 0.356 e. The van der Waals surface area contributed by atoms with Crippen LogP contribution < -0.4 is 0 Å². The first-order valence-electron chi connectivity index (χ1n) is 10.3. The van der Waals surface area contributed by atoms with Crippen molar-refractivity contribution in [2.75, 3.05) is 20.1 Å². The molecule has 0 saturated carbocycles. The number of carbonyl (C=O) groups excluding carboxylic acids is 1. The van der Waals surface area contributed by atoms with Crippen LogP contribution in [0.15, 0.2) is 12.7 Å². The fraction of sp³-hybridized carbons (Fsp3) is 0.800. The standard InChI is InChI=1S/C20H38N2O5Si/c1-6-8-10-11-13-21(3)19(26)22-14-12-17(23)16-20(22,18(24)25)27-28(4,5)15-9-7-2/h6,17,23H,1,7-16H2,2-5H3,(H,24,25). The van der Waals surface area contributed by atoms with Gasteiger partial charge in [0.2, 0.25) is 5.72 Å². The number of aliphatic hydroxyl groups excluding tert-OH is 1. The normalized spacial score (nSPS) is 22.8. The van der Waals surface area contributed by atoms with Gasteiger partial charge >= 0.3 is 12.0 Å². The number of carboxylic acid groups (broad SMARTS) is 1. The second-order valence-electron chi connectivity index (χ2n) is 8.34. The molecular formula is C20H38N2O5Si. The second-order valence-corrected chi connectivity index (χ2v) is 12.6. The van der Waals surface area contributed by atoms with Crippen molar-refractivity contribution in [3.63, 3.8) is 0 Å². The van der Waals surface area contributed by atoms with Gasteiger partial charge in [0.1, 0.15) is 0 Å². The molecule has 0 aromatic rings. The molecule has 2 N–H and O–H groups in total. The Hall–Kier alpha value is -1.38. The van der Waals surface area contributed by atoms with Crippen LogP contribution in [-0.2, 0) is 9.22 Å². The number of piperidine rings is 1. The topological polar surface area (TPSA) is 90.3 Å². The van der Waals surface area contributed by atoms with Gasteiger partial charge in [-0.3, -0.25) is 4.90 Å². The first-order chi connectivity index (χ1) is 13.1. The number of hydrogen-bond acceptors (Lipinski definition) is 4. The fourth-order valence-corrected chi connectivity index (χ4v) is 6.14. The second kappa shape index (κ2) is 11.0. The molecule has 0 aliphatic carbocycles. The van der Waals surface area contributed by atoms with E-state index in [1.165, 1.54) is 4.90 Å². The third-order valence-corrected chi connectivity index (χ3v) is 7.70. The molecule has 1 heterocycles. The summed E-state index contributed by atoms with van der Waals surface area (Å²) in [6, 6.07) is 0.460. The highest BCUT2D eigenvalue weighted by Crippen LogP contribution is 2.35. The summed E-state index contributed by atoms with van der Waals surface area (Å²) in [5, 5.41) is 20.3. The molecule has 7 nitrogen and oxygen atoms in total. The zero-order chi connectivity index (χ0) is 21.4. The van der Waals surface area contributed by atoms with Gasteiger partial charge in [0.05, 0.1) is 6.10 Å². The number of carboxylic acids is 1. The SMILES string of the molecule is C=CCCCCN(C)C(=O)N1CCC(O)CC1(O[Si](C)(C)CCCC)C(=O)O. The number of allylic oxidation sites excluding steroid dienone is 1. The van der Waals surface area contributed by atoms with Crippen molar-refractivity contribution >= 4 is 20.3 Å². The molecule has 8 heteroatoms. The minimum absolute atomic E-state index is 0.0963. The van der Waals surface area contributed by atoms with Crippen molar-refractivity contribution in [3.8, 4) is 0 Å². The third kappa shape index (κ3) is 6.60. The first-order valence-corrected chi connectivity index (χ1v) is 13.5. The Labute approximate surface area is 170 Å². The number of amides is 2. The molecule has 28 heavy (non-hydrogen) atoms. The first kappa shape index (κ1) is 24.7. The number of unbranched alkanes of at least 4 members (excludes halogenated alkanes) is 3. The molecule has 1 saturated heterocycles. The van der Waals surface area contributed by atoms with E-state index in [9.17, 15) is 19.8 Å². The lowest BCUT2D eigenvalue weighted by Gasteiger charge is -2.49. The molecule has 162 valence electrons. The molecule has 2 unspecified atom stereocenters. The molecule has 1 rings (SSSR count). The minimum Gasteiger partial charge on any atom is -0.478 e. The van der Waals surface area contributed by atoms with Gasteiger partial charge in [-0.1, -0.05) is 25.8 Å². The van der Waals surface area contributed by atoms with E-state index in [2.05, 4.69) is 13.5 Å². The van der Waals surface area contributed by atoms with Gasteiger partial charge in [-0.25, -0.2) is 9.59 Å². The number of urea groups is 1. The van der Waals surface area contributed by atoms with Gasteiger partial charge in [-0.15, -0.1) is 6.58 Å². The Morgan fingerprint density at radius 2 is 2.04 bits per heavy atom. The highest BCUT2D eigenvalue weighted by molar-refractivity contribution is 6.71. The summed E-state index contributed by atoms with van der Waals surface area (Å²) in [5.74, 6) is -1.20. The summed E-state index contributed by atoms with van der Waals surface area (Å²) in [7, 11) is -0.662. The average Bonchev–Trinajstić information content (AvgIpc) is 2.62.